The number of ether oxygens (including phenoxy) is 2. The number of amides is 1. The fourth-order valence-corrected chi connectivity index (χ4v) is 4.19. The SMILES string of the molecule is COc1ccc(-c2nc(C(=O)NCCSCc3ccccc3)cs2)cc1OC. The number of benzene rings is 2. The van der Waals surface area contributed by atoms with E-state index in [1.54, 1.807) is 31.4 Å². The van der Waals surface area contributed by atoms with E-state index in [1.807, 2.05) is 36.4 Å². The number of carbonyl (C=O) groups excluding carboxylic acids is 1. The number of thioether (sulfide) groups is 1. The van der Waals surface area contributed by atoms with Crippen LogP contribution in [0.4, 0.5) is 0 Å². The Morgan fingerprint density at radius 3 is 2.64 bits per heavy atom. The number of hydrogen-bond acceptors (Lipinski definition) is 6. The maximum absolute atomic E-state index is 12.3. The minimum Gasteiger partial charge on any atom is -0.493 e. The number of methoxy groups -OCH3 is 2. The van der Waals surface area contributed by atoms with Gasteiger partial charge in [-0.3, -0.25) is 4.79 Å². The molecular formula is C21H22N2O3S2. The summed E-state index contributed by atoms with van der Waals surface area (Å²) in [6, 6.07) is 15.9. The van der Waals surface area contributed by atoms with Crippen molar-refractivity contribution in [3.05, 3.63) is 65.2 Å². The Morgan fingerprint density at radius 2 is 1.89 bits per heavy atom. The van der Waals surface area contributed by atoms with Gasteiger partial charge in [0.2, 0.25) is 0 Å². The number of carbonyl (C=O) groups is 1. The van der Waals surface area contributed by atoms with Gasteiger partial charge < -0.3 is 14.8 Å². The summed E-state index contributed by atoms with van der Waals surface area (Å²) in [5.41, 5.74) is 2.61. The Morgan fingerprint density at radius 1 is 1.11 bits per heavy atom. The lowest BCUT2D eigenvalue weighted by atomic mass is 10.2. The van der Waals surface area contributed by atoms with Gasteiger partial charge in [-0.25, -0.2) is 4.98 Å². The van der Waals surface area contributed by atoms with Crippen LogP contribution in [0, 0.1) is 0 Å². The van der Waals surface area contributed by atoms with Gasteiger partial charge in [0.05, 0.1) is 14.2 Å². The van der Waals surface area contributed by atoms with Crippen molar-refractivity contribution < 1.29 is 14.3 Å². The molecule has 1 N–H and O–H groups in total. The number of aromatic nitrogens is 1. The van der Waals surface area contributed by atoms with Crippen LogP contribution in [-0.4, -0.2) is 37.4 Å². The van der Waals surface area contributed by atoms with E-state index in [4.69, 9.17) is 9.47 Å². The number of nitrogens with one attached hydrogen (secondary N) is 1. The molecule has 0 saturated carbocycles. The van der Waals surface area contributed by atoms with Crippen LogP contribution in [0.2, 0.25) is 0 Å². The summed E-state index contributed by atoms with van der Waals surface area (Å²) in [5.74, 6) is 2.94. The van der Waals surface area contributed by atoms with Crippen LogP contribution in [0.3, 0.4) is 0 Å². The number of hydrogen-bond donors (Lipinski definition) is 1. The smallest absolute Gasteiger partial charge is 0.270 e. The van der Waals surface area contributed by atoms with E-state index >= 15 is 0 Å². The highest BCUT2D eigenvalue weighted by atomic mass is 32.2. The molecule has 1 aromatic heterocycles. The van der Waals surface area contributed by atoms with Crippen LogP contribution >= 0.6 is 23.1 Å². The van der Waals surface area contributed by atoms with Gasteiger partial charge in [-0.15, -0.1) is 11.3 Å². The van der Waals surface area contributed by atoms with E-state index in [9.17, 15) is 4.79 Å². The average Bonchev–Trinajstić information content (AvgIpc) is 3.24. The molecule has 3 aromatic rings. The minimum atomic E-state index is -0.150. The second kappa shape index (κ2) is 10.1. The average molecular weight is 415 g/mol. The van der Waals surface area contributed by atoms with Crippen molar-refractivity contribution in [2.75, 3.05) is 26.5 Å². The Hall–Kier alpha value is -2.51. The summed E-state index contributed by atoms with van der Waals surface area (Å²) >= 11 is 3.23. The molecular weight excluding hydrogens is 392 g/mol. The molecule has 0 aliphatic rings. The zero-order valence-electron chi connectivity index (χ0n) is 15.8. The van der Waals surface area contributed by atoms with Crippen LogP contribution in [0.25, 0.3) is 10.6 Å². The van der Waals surface area contributed by atoms with E-state index in [0.717, 1.165) is 22.1 Å². The summed E-state index contributed by atoms with van der Waals surface area (Å²) in [6.07, 6.45) is 0. The molecule has 0 unspecified atom stereocenters. The molecule has 0 spiro atoms. The van der Waals surface area contributed by atoms with Crippen LogP contribution in [-0.2, 0) is 5.75 Å². The number of nitrogens with zero attached hydrogens (tertiary/aromatic N) is 1. The lowest BCUT2D eigenvalue weighted by Crippen LogP contribution is -2.26. The van der Waals surface area contributed by atoms with Gasteiger partial charge in [-0.05, 0) is 23.8 Å². The van der Waals surface area contributed by atoms with E-state index in [2.05, 4.69) is 22.4 Å². The standard InChI is InChI=1S/C21H22N2O3S2/c1-25-18-9-8-16(12-19(18)26-2)21-23-17(14-28-21)20(24)22-10-11-27-13-15-6-4-3-5-7-15/h3-9,12,14H,10-11,13H2,1-2H3,(H,22,24). The van der Waals surface area contributed by atoms with Gasteiger partial charge in [-0.1, -0.05) is 30.3 Å². The van der Waals surface area contributed by atoms with Gasteiger partial charge in [0, 0.05) is 29.0 Å². The predicted molar refractivity (Wildman–Crippen MR) is 116 cm³/mol. The summed E-state index contributed by atoms with van der Waals surface area (Å²) in [5, 5.41) is 5.47. The molecule has 5 nitrogen and oxygen atoms in total. The lowest BCUT2D eigenvalue weighted by Gasteiger charge is -2.08. The monoisotopic (exact) mass is 414 g/mol. The molecule has 1 amide bonds. The van der Waals surface area contributed by atoms with Crippen LogP contribution < -0.4 is 14.8 Å². The van der Waals surface area contributed by atoms with Crippen molar-refractivity contribution in [1.29, 1.82) is 0 Å². The highest BCUT2D eigenvalue weighted by Gasteiger charge is 2.13. The van der Waals surface area contributed by atoms with Crippen molar-refractivity contribution in [2.45, 2.75) is 5.75 Å². The third-order valence-corrected chi connectivity index (χ3v) is 5.93. The Kier molecular flexibility index (Phi) is 7.33. The molecule has 0 saturated heterocycles. The van der Waals surface area contributed by atoms with Gasteiger partial charge in [0.15, 0.2) is 11.5 Å². The highest BCUT2D eigenvalue weighted by Crippen LogP contribution is 2.33. The summed E-state index contributed by atoms with van der Waals surface area (Å²) in [7, 11) is 3.19. The molecule has 0 radical (unpaired) electrons. The van der Waals surface area contributed by atoms with Crippen molar-refractivity contribution in [2.24, 2.45) is 0 Å². The highest BCUT2D eigenvalue weighted by molar-refractivity contribution is 7.98. The molecule has 0 aliphatic heterocycles. The molecule has 0 aliphatic carbocycles. The molecule has 0 fully saturated rings. The fourth-order valence-electron chi connectivity index (χ4n) is 2.57. The molecule has 0 bridgehead atoms. The summed E-state index contributed by atoms with van der Waals surface area (Å²) in [4.78, 5) is 16.8. The maximum atomic E-state index is 12.3. The quantitative estimate of drug-likeness (QED) is 0.523. The van der Waals surface area contributed by atoms with Gasteiger partial charge in [-0.2, -0.15) is 11.8 Å². The molecule has 28 heavy (non-hydrogen) atoms. The molecule has 7 heteroatoms. The normalized spacial score (nSPS) is 10.5. The van der Waals surface area contributed by atoms with Crippen molar-refractivity contribution in [1.82, 2.24) is 10.3 Å². The number of rotatable bonds is 9. The zero-order chi connectivity index (χ0) is 19.8. The van der Waals surface area contributed by atoms with Gasteiger partial charge in [0.1, 0.15) is 10.7 Å². The van der Waals surface area contributed by atoms with Crippen LogP contribution in [0.15, 0.2) is 53.9 Å². The third-order valence-electron chi connectivity index (χ3n) is 4.01. The van der Waals surface area contributed by atoms with Crippen LogP contribution in [0.5, 0.6) is 11.5 Å². The third kappa shape index (κ3) is 5.27. The molecule has 146 valence electrons. The first-order valence-corrected chi connectivity index (χ1v) is 10.8. The van der Waals surface area contributed by atoms with E-state index in [1.165, 1.54) is 16.9 Å². The van der Waals surface area contributed by atoms with Crippen molar-refractivity contribution in [3.8, 4) is 22.1 Å². The lowest BCUT2D eigenvalue weighted by molar-refractivity contribution is 0.0952. The summed E-state index contributed by atoms with van der Waals surface area (Å²) < 4.78 is 10.6. The van der Waals surface area contributed by atoms with E-state index in [0.29, 0.717) is 23.7 Å². The minimum absolute atomic E-state index is 0.150. The van der Waals surface area contributed by atoms with E-state index in [-0.39, 0.29) is 5.91 Å². The van der Waals surface area contributed by atoms with E-state index < -0.39 is 0 Å². The molecule has 1 heterocycles. The fraction of sp³-hybridized carbons (Fsp3) is 0.238. The largest absolute Gasteiger partial charge is 0.493 e. The topological polar surface area (TPSA) is 60.5 Å². The second-order valence-electron chi connectivity index (χ2n) is 5.90. The Labute approximate surface area is 173 Å². The van der Waals surface area contributed by atoms with Crippen LogP contribution in [0.1, 0.15) is 16.1 Å². The molecule has 3 rings (SSSR count). The van der Waals surface area contributed by atoms with Crippen molar-refractivity contribution >= 4 is 29.0 Å². The first-order valence-electron chi connectivity index (χ1n) is 8.79. The van der Waals surface area contributed by atoms with Gasteiger partial charge >= 0.3 is 0 Å². The first kappa shape index (κ1) is 20.2. The zero-order valence-corrected chi connectivity index (χ0v) is 17.4. The van der Waals surface area contributed by atoms with Crippen molar-refractivity contribution in [3.63, 3.8) is 0 Å². The predicted octanol–water partition coefficient (Wildman–Crippen LogP) is 4.49. The molecule has 0 atom stereocenters. The second-order valence-corrected chi connectivity index (χ2v) is 7.87. The molecule has 2 aromatic carbocycles. The number of thiazole rings is 1. The van der Waals surface area contributed by atoms with Gasteiger partial charge in [0.25, 0.3) is 5.91 Å². The first-order chi connectivity index (χ1) is 13.7. The Bertz CT molecular complexity index is 913. The summed E-state index contributed by atoms with van der Waals surface area (Å²) in [6.45, 7) is 0.611. The Balaban J connectivity index is 1.51. The maximum Gasteiger partial charge on any atom is 0.270 e.